The molecule has 0 bridgehead atoms. The number of carbonyl (C=O) groups excluding carboxylic acids is 2. The second-order valence-electron chi connectivity index (χ2n) is 7.78. The van der Waals surface area contributed by atoms with Crippen molar-refractivity contribution < 1.29 is 23.9 Å². The van der Waals surface area contributed by atoms with E-state index in [1.807, 2.05) is 4.90 Å². The maximum atomic E-state index is 14.9. The lowest BCUT2D eigenvalue weighted by molar-refractivity contribution is -0.119. The normalized spacial score (nSPS) is 19.6. The summed E-state index contributed by atoms with van der Waals surface area (Å²) in [6.07, 6.45) is 3.39. The number of hydrogen-bond donors (Lipinski definition) is 2. The molecule has 2 amide bonds. The van der Waals surface area contributed by atoms with Crippen LogP contribution in [-0.2, 0) is 9.53 Å². The highest BCUT2D eigenvalue weighted by atomic mass is 19.1. The third-order valence-corrected chi connectivity index (χ3v) is 5.59. The van der Waals surface area contributed by atoms with Gasteiger partial charge in [-0.1, -0.05) is 10.4 Å². The first-order valence-electron chi connectivity index (χ1n) is 10.3. The van der Waals surface area contributed by atoms with Gasteiger partial charge in [0.2, 0.25) is 5.91 Å². The minimum atomic E-state index is -0.563. The van der Waals surface area contributed by atoms with Crippen molar-refractivity contribution in [1.29, 1.82) is 0 Å². The summed E-state index contributed by atoms with van der Waals surface area (Å²) in [7, 11) is 0. The molecule has 4 rings (SSSR count). The van der Waals surface area contributed by atoms with Gasteiger partial charge < -0.3 is 20.2 Å². The average molecular weight is 445 g/mol. The number of hydrogen-bond acceptors (Lipinski definition) is 8. The number of anilines is 2. The fraction of sp³-hybridized carbons (Fsp3) is 0.450. The van der Waals surface area contributed by atoms with Crippen molar-refractivity contribution in [2.75, 3.05) is 36.0 Å². The maximum Gasteiger partial charge on any atom is 0.414 e. The van der Waals surface area contributed by atoms with E-state index in [0.717, 1.165) is 12.8 Å². The highest BCUT2D eigenvalue weighted by molar-refractivity contribution is 5.90. The number of nitrogens with one attached hydrogen (secondary N) is 1. The van der Waals surface area contributed by atoms with Crippen LogP contribution in [0.1, 0.15) is 31.5 Å². The molecular formula is C20H24FN7O4. The van der Waals surface area contributed by atoms with Crippen LogP contribution in [0.3, 0.4) is 0 Å². The second-order valence-corrected chi connectivity index (χ2v) is 7.78. The molecule has 0 unspecified atom stereocenters. The van der Waals surface area contributed by atoms with Gasteiger partial charge in [-0.05, 0) is 31.0 Å². The first-order chi connectivity index (χ1) is 15.4. The van der Waals surface area contributed by atoms with Crippen LogP contribution in [0.2, 0.25) is 0 Å². The van der Waals surface area contributed by atoms with Gasteiger partial charge in [-0.3, -0.25) is 9.69 Å². The molecule has 2 saturated heterocycles. The van der Waals surface area contributed by atoms with Gasteiger partial charge in [-0.25, -0.2) is 13.9 Å². The van der Waals surface area contributed by atoms with Crippen LogP contribution in [0.25, 0.3) is 0 Å². The highest BCUT2D eigenvalue weighted by Crippen LogP contribution is 2.31. The van der Waals surface area contributed by atoms with E-state index in [1.54, 1.807) is 23.0 Å². The van der Waals surface area contributed by atoms with E-state index in [0.29, 0.717) is 30.2 Å². The first kappa shape index (κ1) is 21.5. The Kier molecular flexibility index (Phi) is 6.19. The number of amides is 2. The van der Waals surface area contributed by atoms with Crippen LogP contribution in [-0.4, -0.2) is 70.7 Å². The highest BCUT2D eigenvalue weighted by Gasteiger charge is 2.33. The summed E-state index contributed by atoms with van der Waals surface area (Å²) in [6, 6.07) is 4.83. The topological polar surface area (TPSA) is 125 Å². The average Bonchev–Trinajstić information content (AvgIpc) is 3.39. The lowest BCUT2D eigenvalue weighted by Gasteiger charge is -2.33. The van der Waals surface area contributed by atoms with Gasteiger partial charge in [-0.15, -0.1) is 5.10 Å². The fourth-order valence-corrected chi connectivity index (χ4v) is 3.97. The predicted octanol–water partition coefficient (Wildman–Crippen LogP) is 1.53. The molecular weight excluding hydrogens is 421 g/mol. The van der Waals surface area contributed by atoms with Crippen LogP contribution < -0.4 is 15.1 Å². The van der Waals surface area contributed by atoms with E-state index < -0.39 is 18.0 Å². The van der Waals surface area contributed by atoms with Crippen molar-refractivity contribution in [3.8, 4) is 0 Å². The smallest absolute Gasteiger partial charge is 0.414 e. The van der Waals surface area contributed by atoms with Gasteiger partial charge in [0.25, 0.3) is 0 Å². The summed E-state index contributed by atoms with van der Waals surface area (Å²) in [5, 5.41) is 22.1. The minimum absolute atomic E-state index is 0.127. The van der Waals surface area contributed by atoms with Gasteiger partial charge in [0, 0.05) is 20.0 Å². The summed E-state index contributed by atoms with van der Waals surface area (Å²) in [5.74, 6) is -0.622. The largest absolute Gasteiger partial charge is 0.442 e. The number of carbonyl (C=O) groups is 2. The molecule has 1 atom stereocenters. The Hall–Kier alpha value is -3.70. The Morgan fingerprint density at radius 1 is 1.41 bits per heavy atom. The van der Waals surface area contributed by atoms with Crippen LogP contribution in [0.4, 0.5) is 20.6 Å². The van der Waals surface area contributed by atoms with Gasteiger partial charge in [0.15, 0.2) is 0 Å². The number of halogens is 1. The summed E-state index contributed by atoms with van der Waals surface area (Å²) in [4.78, 5) is 26.5. The molecule has 0 aliphatic carbocycles. The molecule has 12 heteroatoms. The van der Waals surface area contributed by atoms with Gasteiger partial charge in [-0.2, -0.15) is 0 Å². The molecule has 170 valence electrons. The number of aromatic nitrogens is 3. The Morgan fingerprint density at radius 2 is 2.19 bits per heavy atom. The van der Waals surface area contributed by atoms with Gasteiger partial charge in [0.1, 0.15) is 17.6 Å². The summed E-state index contributed by atoms with van der Waals surface area (Å²) in [6.45, 7) is 3.11. The van der Waals surface area contributed by atoms with E-state index in [-0.39, 0.29) is 25.0 Å². The van der Waals surface area contributed by atoms with Crippen molar-refractivity contribution in [3.63, 3.8) is 0 Å². The number of nitrogens with zero attached hydrogens (tertiary/aromatic N) is 6. The molecule has 1 aromatic heterocycles. The van der Waals surface area contributed by atoms with E-state index >= 15 is 0 Å². The summed E-state index contributed by atoms with van der Waals surface area (Å²) >= 11 is 0. The van der Waals surface area contributed by atoms with Crippen molar-refractivity contribution in [2.24, 2.45) is 5.16 Å². The Bertz CT molecular complexity index is 1020. The third kappa shape index (κ3) is 4.63. The summed E-state index contributed by atoms with van der Waals surface area (Å²) in [5.41, 5.74) is 1.36. The molecule has 2 aliphatic heterocycles. The lowest BCUT2D eigenvalue weighted by atomic mass is 10.0. The minimum Gasteiger partial charge on any atom is -0.442 e. The number of oxime groups is 1. The summed E-state index contributed by atoms with van der Waals surface area (Å²) < 4.78 is 21.9. The standard InChI is InChI=1S/C20H24FN7O4/c1-13(29)22-10-17-12-27(20(30)32-17)16-2-3-19(18(21)8-16)26-6-4-15(5-7-26)28-11-14(9-23-31)24-25-28/h2-3,8-9,11,15,17,31H,4-7,10,12H2,1H3,(H,22,29)/t17-/m0/s1. The zero-order chi connectivity index (χ0) is 22.7. The number of cyclic esters (lactones) is 1. The number of benzene rings is 1. The SMILES string of the molecule is CC(=O)NC[C@H]1CN(c2ccc(N3CCC(n4cc(C=NO)nn4)CC3)c(F)c2)C(=O)O1. The van der Waals surface area contributed by atoms with E-state index in [1.165, 1.54) is 24.1 Å². The van der Waals surface area contributed by atoms with Crippen molar-refractivity contribution in [1.82, 2.24) is 20.3 Å². The molecule has 2 aliphatic rings. The molecule has 2 aromatic rings. The molecule has 0 saturated carbocycles. The van der Waals surface area contributed by atoms with Crippen molar-refractivity contribution >= 4 is 29.6 Å². The lowest BCUT2D eigenvalue weighted by Crippen LogP contribution is -2.35. The van der Waals surface area contributed by atoms with Crippen molar-refractivity contribution in [3.05, 3.63) is 35.9 Å². The monoisotopic (exact) mass is 445 g/mol. The maximum absolute atomic E-state index is 14.9. The predicted molar refractivity (Wildman–Crippen MR) is 113 cm³/mol. The van der Waals surface area contributed by atoms with Gasteiger partial charge >= 0.3 is 6.09 Å². The second kappa shape index (κ2) is 9.20. The molecule has 2 N–H and O–H groups in total. The number of rotatable bonds is 6. The van der Waals surface area contributed by atoms with E-state index in [4.69, 9.17) is 9.94 Å². The molecule has 1 aromatic carbocycles. The van der Waals surface area contributed by atoms with Crippen LogP contribution >= 0.6 is 0 Å². The van der Waals surface area contributed by atoms with E-state index in [2.05, 4.69) is 20.8 Å². The Morgan fingerprint density at radius 3 is 2.88 bits per heavy atom. The zero-order valence-electron chi connectivity index (χ0n) is 17.5. The van der Waals surface area contributed by atoms with Crippen LogP contribution in [0.5, 0.6) is 0 Å². The third-order valence-electron chi connectivity index (χ3n) is 5.59. The molecule has 0 spiro atoms. The fourth-order valence-electron chi connectivity index (χ4n) is 3.97. The van der Waals surface area contributed by atoms with Gasteiger partial charge in [0.05, 0.1) is 42.9 Å². The van der Waals surface area contributed by atoms with Crippen LogP contribution in [0, 0.1) is 5.82 Å². The molecule has 0 radical (unpaired) electrons. The molecule has 32 heavy (non-hydrogen) atoms. The number of piperidine rings is 1. The molecule has 3 heterocycles. The number of ether oxygens (including phenoxy) is 1. The quantitative estimate of drug-likeness (QED) is 0.392. The Labute approximate surface area is 183 Å². The Balaban J connectivity index is 1.37. The molecule has 11 nitrogen and oxygen atoms in total. The first-order valence-corrected chi connectivity index (χ1v) is 10.3. The van der Waals surface area contributed by atoms with Crippen LogP contribution in [0.15, 0.2) is 29.6 Å². The zero-order valence-corrected chi connectivity index (χ0v) is 17.5. The van der Waals surface area contributed by atoms with Crippen molar-refractivity contribution in [2.45, 2.75) is 31.9 Å². The molecule has 2 fully saturated rings. The van der Waals surface area contributed by atoms with E-state index in [9.17, 15) is 14.0 Å².